The molecule has 1 aliphatic rings. The van der Waals surface area contributed by atoms with Gasteiger partial charge in [-0.2, -0.15) is 0 Å². The Morgan fingerprint density at radius 1 is 1.31 bits per heavy atom. The Balaban J connectivity index is 3.33. The molecule has 0 aromatic carbocycles. The maximum absolute atomic E-state index is 11.2. The van der Waals surface area contributed by atoms with Crippen molar-refractivity contribution in [2.45, 2.75) is 54.9 Å². The van der Waals surface area contributed by atoms with Crippen molar-refractivity contribution >= 4 is 6.29 Å². The van der Waals surface area contributed by atoms with Crippen molar-refractivity contribution in [1.82, 2.24) is 0 Å². The van der Waals surface area contributed by atoms with Gasteiger partial charge in [0.15, 0.2) is 0 Å². The molecule has 0 amide bonds. The van der Waals surface area contributed by atoms with Crippen LogP contribution >= 0.6 is 0 Å². The average Bonchev–Trinajstić information content (AvgIpc) is 2.43. The number of hydrogen-bond acceptors (Lipinski definition) is 1. The summed E-state index contributed by atoms with van der Waals surface area (Å²) < 4.78 is 0. The highest BCUT2D eigenvalue weighted by molar-refractivity contribution is 5.57. The molecular weight excluding hydrogens is 196 g/mol. The first-order valence-electron chi connectivity index (χ1n) is 6.40. The van der Waals surface area contributed by atoms with Gasteiger partial charge in [0.05, 0.1) is 0 Å². The molecule has 16 heavy (non-hydrogen) atoms. The third-order valence-corrected chi connectivity index (χ3v) is 5.97. The predicted molar refractivity (Wildman–Crippen MR) is 69.3 cm³/mol. The van der Waals surface area contributed by atoms with Crippen LogP contribution in [0.1, 0.15) is 54.9 Å². The molecule has 0 heterocycles. The lowest BCUT2D eigenvalue weighted by atomic mass is 9.62. The molecule has 0 saturated carbocycles. The molecule has 1 aliphatic carbocycles. The molecule has 0 aromatic heterocycles. The molecule has 0 radical (unpaired) electrons. The van der Waals surface area contributed by atoms with Crippen LogP contribution in [0.3, 0.4) is 0 Å². The summed E-state index contributed by atoms with van der Waals surface area (Å²) in [4.78, 5) is 11.2. The van der Waals surface area contributed by atoms with E-state index in [1.165, 1.54) is 11.1 Å². The van der Waals surface area contributed by atoms with Crippen molar-refractivity contribution in [1.29, 1.82) is 0 Å². The van der Waals surface area contributed by atoms with E-state index in [4.69, 9.17) is 0 Å². The first kappa shape index (κ1) is 13.5. The monoisotopic (exact) mass is 222 g/mol. The number of allylic oxidation sites excluding steroid dienone is 2. The van der Waals surface area contributed by atoms with Gasteiger partial charge in [0, 0.05) is 11.3 Å². The molecule has 0 spiro atoms. The standard InChI is InChI=1S/C15H26O/c1-8-14(6)11(3)12(4)15(7,13(14)5)10(2)9-16/h9-10,13H,8H2,1-7H3. The summed E-state index contributed by atoms with van der Waals surface area (Å²) in [7, 11) is 0. The van der Waals surface area contributed by atoms with Gasteiger partial charge in [-0.15, -0.1) is 0 Å². The van der Waals surface area contributed by atoms with E-state index in [0.717, 1.165) is 12.7 Å². The number of hydrogen-bond donors (Lipinski definition) is 0. The number of carbonyl (C=O) groups is 1. The smallest absolute Gasteiger partial charge is 0.123 e. The molecule has 0 aromatic rings. The van der Waals surface area contributed by atoms with Crippen LogP contribution in [0.15, 0.2) is 11.1 Å². The van der Waals surface area contributed by atoms with E-state index < -0.39 is 0 Å². The van der Waals surface area contributed by atoms with Crippen LogP contribution in [0.4, 0.5) is 0 Å². The van der Waals surface area contributed by atoms with Gasteiger partial charge in [0.2, 0.25) is 0 Å². The molecule has 1 rings (SSSR count). The normalized spacial score (nSPS) is 41.3. The van der Waals surface area contributed by atoms with Crippen molar-refractivity contribution in [2.24, 2.45) is 22.7 Å². The Morgan fingerprint density at radius 2 is 1.81 bits per heavy atom. The zero-order valence-electron chi connectivity index (χ0n) is 11.8. The van der Waals surface area contributed by atoms with Crippen LogP contribution in [0.25, 0.3) is 0 Å². The lowest BCUT2D eigenvalue weighted by molar-refractivity contribution is -0.114. The van der Waals surface area contributed by atoms with Crippen molar-refractivity contribution in [3.8, 4) is 0 Å². The second kappa shape index (κ2) is 4.01. The third kappa shape index (κ3) is 1.40. The number of aldehydes is 1. The fourth-order valence-corrected chi connectivity index (χ4v) is 3.59. The van der Waals surface area contributed by atoms with Gasteiger partial charge >= 0.3 is 0 Å². The Hall–Kier alpha value is -0.590. The summed E-state index contributed by atoms with van der Waals surface area (Å²) in [5.41, 5.74) is 3.23. The SMILES string of the molecule is CCC1(C)C(C)=C(C)C(C)(C(C)C=O)C1C. The second-order valence-corrected chi connectivity index (χ2v) is 5.95. The summed E-state index contributed by atoms with van der Waals surface area (Å²) in [6, 6.07) is 0. The molecule has 0 fully saturated rings. The maximum atomic E-state index is 11.2. The van der Waals surface area contributed by atoms with Gasteiger partial charge < -0.3 is 4.79 Å². The van der Waals surface area contributed by atoms with Crippen LogP contribution in [-0.2, 0) is 4.79 Å². The Labute approximate surface area is 100 Å². The molecule has 0 N–H and O–H groups in total. The molecule has 1 nitrogen and oxygen atoms in total. The molecule has 0 bridgehead atoms. The minimum atomic E-state index is 0.0383. The maximum Gasteiger partial charge on any atom is 0.123 e. The summed E-state index contributed by atoms with van der Waals surface area (Å²) >= 11 is 0. The van der Waals surface area contributed by atoms with Gasteiger partial charge in [-0.05, 0) is 31.6 Å². The van der Waals surface area contributed by atoms with Gasteiger partial charge in [-0.25, -0.2) is 0 Å². The minimum Gasteiger partial charge on any atom is -0.303 e. The predicted octanol–water partition coefficient (Wildman–Crippen LogP) is 4.23. The van der Waals surface area contributed by atoms with Crippen LogP contribution in [0, 0.1) is 22.7 Å². The third-order valence-electron chi connectivity index (χ3n) is 5.97. The number of rotatable bonds is 3. The van der Waals surface area contributed by atoms with Crippen LogP contribution in [-0.4, -0.2) is 6.29 Å². The van der Waals surface area contributed by atoms with E-state index in [1.54, 1.807) is 0 Å². The Kier molecular flexibility index (Phi) is 3.38. The zero-order chi connectivity index (χ0) is 12.7. The summed E-state index contributed by atoms with van der Waals surface area (Å²) in [5, 5.41) is 0. The summed E-state index contributed by atoms with van der Waals surface area (Å²) in [6.07, 6.45) is 2.27. The number of carbonyl (C=O) groups excluding carboxylic acids is 1. The zero-order valence-corrected chi connectivity index (χ0v) is 11.8. The lowest BCUT2D eigenvalue weighted by Gasteiger charge is -2.41. The quantitative estimate of drug-likeness (QED) is 0.516. The fraction of sp³-hybridized carbons (Fsp3) is 0.800. The fourth-order valence-electron chi connectivity index (χ4n) is 3.59. The summed E-state index contributed by atoms with van der Waals surface area (Å²) in [6.45, 7) is 15.7. The Bertz CT molecular complexity index is 328. The van der Waals surface area contributed by atoms with Crippen LogP contribution in [0.2, 0.25) is 0 Å². The van der Waals surface area contributed by atoms with Crippen molar-refractivity contribution < 1.29 is 4.79 Å². The largest absolute Gasteiger partial charge is 0.303 e. The van der Waals surface area contributed by atoms with Crippen molar-refractivity contribution in [2.75, 3.05) is 0 Å². The van der Waals surface area contributed by atoms with E-state index in [1.807, 2.05) is 0 Å². The van der Waals surface area contributed by atoms with Gasteiger partial charge in [-0.3, -0.25) is 0 Å². The van der Waals surface area contributed by atoms with Gasteiger partial charge in [0.25, 0.3) is 0 Å². The van der Waals surface area contributed by atoms with Gasteiger partial charge in [-0.1, -0.05) is 45.8 Å². The first-order valence-corrected chi connectivity index (χ1v) is 6.40. The topological polar surface area (TPSA) is 17.1 Å². The highest BCUT2D eigenvalue weighted by Crippen LogP contribution is 2.60. The highest BCUT2D eigenvalue weighted by atomic mass is 16.1. The van der Waals surface area contributed by atoms with Crippen LogP contribution < -0.4 is 0 Å². The van der Waals surface area contributed by atoms with E-state index in [2.05, 4.69) is 48.5 Å². The molecule has 4 unspecified atom stereocenters. The van der Waals surface area contributed by atoms with E-state index in [-0.39, 0.29) is 16.7 Å². The Morgan fingerprint density at radius 3 is 2.12 bits per heavy atom. The molecule has 0 saturated heterocycles. The lowest BCUT2D eigenvalue weighted by Crippen LogP contribution is -2.37. The minimum absolute atomic E-state index is 0.0383. The molecular formula is C15H26O. The molecule has 0 aliphatic heterocycles. The summed E-state index contributed by atoms with van der Waals surface area (Å²) in [5.74, 6) is 0.635. The van der Waals surface area contributed by atoms with Crippen LogP contribution in [0.5, 0.6) is 0 Å². The van der Waals surface area contributed by atoms with E-state index >= 15 is 0 Å². The van der Waals surface area contributed by atoms with E-state index in [0.29, 0.717) is 5.92 Å². The molecule has 92 valence electrons. The van der Waals surface area contributed by atoms with Gasteiger partial charge in [0.1, 0.15) is 6.29 Å². The first-order chi connectivity index (χ1) is 7.26. The second-order valence-electron chi connectivity index (χ2n) is 5.95. The molecule has 1 heteroatoms. The average molecular weight is 222 g/mol. The van der Waals surface area contributed by atoms with Crippen molar-refractivity contribution in [3.63, 3.8) is 0 Å². The molecule has 4 atom stereocenters. The van der Waals surface area contributed by atoms with E-state index in [9.17, 15) is 4.79 Å². The van der Waals surface area contributed by atoms with Crippen molar-refractivity contribution in [3.05, 3.63) is 11.1 Å². The highest BCUT2D eigenvalue weighted by Gasteiger charge is 2.53.